The Labute approximate surface area is 214 Å². The SMILES string of the molecule is CC/C=C(\Cn1nc2c(c1-c1ccc(COC(C)=O)o1)c(=O)n(C)c(=O)n2CC(C)C)c1ccccc1. The zero-order valence-corrected chi connectivity index (χ0v) is 21.9. The molecule has 0 atom stereocenters. The summed E-state index contributed by atoms with van der Waals surface area (Å²) < 4.78 is 15.5. The number of fused-ring (bicyclic) bond motifs is 1. The van der Waals surface area contributed by atoms with Crippen LogP contribution in [-0.2, 0) is 36.3 Å². The molecule has 0 radical (unpaired) electrons. The molecule has 0 unspecified atom stereocenters. The first-order valence-corrected chi connectivity index (χ1v) is 12.4. The van der Waals surface area contributed by atoms with Gasteiger partial charge in [0.2, 0.25) is 0 Å². The highest BCUT2D eigenvalue weighted by atomic mass is 16.5. The summed E-state index contributed by atoms with van der Waals surface area (Å²) in [6.45, 7) is 8.15. The van der Waals surface area contributed by atoms with Crippen molar-refractivity contribution in [1.82, 2.24) is 18.9 Å². The van der Waals surface area contributed by atoms with Gasteiger partial charge in [-0.3, -0.25) is 23.4 Å². The molecule has 194 valence electrons. The zero-order valence-electron chi connectivity index (χ0n) is 21.9. The van der Waals surface area contributed by atoms with E-state index in [1.54, 1.807) is 21.4 Å². The van der Waals surface area contributed by atoms with Crippen LogP contribution in [0.5, 0.6) is 0 Å². The van der Waals surface area contributed by atoms with Gasteiger partial charge >= 0.3 is 11.7 Å². The Bertz CT molecular complexity index is 1570. The van der Waals surface area contributed by atoms with Crippen molar-refractivity contribution in [2.75, 3.05) is 0 Å². The number of hydrogen-bond donors (Lipinski definition) is 0. The van der Waals surface area contributed by atoms with Crippen molar-refractivity contribution in [3.8, 4) is 11.5 Å². The average Bonchev–Trinajstić information content (AvgIpc) is 3.48. The Morgan fingerprint density at radius 2 is 1.86 bits per heavy atom. The molecule has 0 amide bonds. The van der Waals surface area contributed by atoms with Crippen molar-refractivity contribution in [3.05, 3.63) is 80.7 Å². The molecule has 3 aromatic heterocycles. The van der Waals surface area contributed by atoms with Crippen molar-refractivity contribution in [1.29, 1.82) is 0 Å². The Morgan fingerprint density at radius 1 is 1.14 bits per heavy atom. The first-order valence-electron chi connectivity index (χ1n) is 12.4. The highest BCUT2D eigenvalue weighted by Gasteiger charge is 2.25. The van der Waals surface area contributed by atoms with Crippen LogP contribution in [-0.4, -0.2) is 24.9 Å². The molecule has 9 heteroatoms. The molecule has 0 aliphatic heterocycles. The van der Waals surface area contributed by atoms with Crippen molar-refractivity contribution in [3.63, 3.8) is 0 Å². The van der Waals surface area contributed by atoms with Crippen LogP contribution in [0.25, 0.3) is 28.1 Å². The van der Waals surface area contributed by atoms with Gasteiger partial charge in [-0.15, -0.1) is 0 Å². The van der Waals surface area contributed by atoms with Crippen molar-refractivity contribution >= 4 is 22.6 Å². The number of carbonyl (C=O) groups excluding carboxylic acids is 1. The molecule has 0 aliphatic carbocycles. The van der Waals surface area contributed by atoms with Crippen LogP contribution >= 0.6 is 0 Å². The van der Waals surface area contributed by atoms with Gasteiger partial charge < -0.3 is 9.15 Å². The molecule has 0 spiro atoms. The maximum Gasteiger partial charge on any atom is 0.332 e. The Balaban J connectivity index is 1.97. The molecule has 4 rings (SSSR count). The first kappa shape index (κ1) is 25.9. The second-order valence-corrected chi connectivity index (χ2v) is 9.41. The number of nitrogens with zero attached hydrogens (tertiary/aromatic N) is 4. The molecule has 0 saturated carbocycles. The van der Waals surface area contributed by atoms with Crippen LogP contribution in [0.1, 0.15) is 45.4 Å². The molecule has 0 saturated heterocycles. The van der Waals surface area contributed by atoms with Crippen LogP contribution in [0, 0.1) is 5.92 Å². The van der Waals surface area contributed by atoms with Gasteiger partial charge in [-0.05, 0) is 35.6 Å². The van der Waals surface area contributed by atoms with Gasteiger partial charge in [0.05, 0.1) is 6.54 Å². The van der Waals surface area contributed by atoms with Crippen LogP contribution in [0.2, 0.25) is 0 Å². The third kappa shape index (κ3) is 5.35. The van der Waals surface area contributed by atoms with Gasteiger partial charge in [-0.1, -0.05) is 57.2 Å². The number of allylic oxidation sites excluding steroid dienone is 2. The van der Waals surface area contributed by atoms with E-state index >= 15 is 0 Å². The van der Waals surface area contributed by atoms with Crippen molar-refractivity contribution in [2.24, 2.45) is 13.0 Å². The van der Waals surface area contributed by atoms with Crippen LogP contribution in [0.4, 0.5) is 0 Å². The van der Waals surface area contributed by atoms with E-state index in [1.165, 1.54) is 14.0 Å². The summed E-state index contributed by atoms with van der Waals surface area (Å²) in [5.41, 5.74) is 2.00. The number of esters is 1. The lowest BCUT2D eigenvalue weighted by Crippen LogP contribution is -2.38. The minimum atomic E-state index is -0.445. The molecule has 0 N–H and O–H groups in total. The van der Waals surface area contributed by atoms with E-state index in [-0.39, 0.29) is 12.5 Å². The van der Waals surface area contributed by atoms with Crippen molar-refractivity contribution in [2.45, 2.75) is 53.8 Å². The molecule has 4 aromatic rings. The van der Waals surface area contributed by atoms with Crippen molar-refractivity contribution < 1.29 is 13.9 Å². The molecule has 1 aromatic carbocycles. The fourth-order valence-electron chi connectivity index (χ4n) is 4.35. The lowest BCUT2D eigenvalue weighted by molar-refractivity contribution is -0.142. The summed E-state index contributed by atoms with van der Waals surface area (Å²) in [7, 11) is 1.47. The topological polar surface area (TPSA) is 101 Å². The van der Waals surface area contributed by atoms with E-state index in [0.29, 0.717) is 41.3 Å². The highest BCUT2D eigenvalue weighted by Crippen LogP contribution is 2.30. The summed E-state index contributed by atoms with van der Waals surface area (Å²) >= 11 is 0. The Morgan fingerprint density at radius 3 is 2.51 bits per heavy atom. The lowest BCUT2D eigenvalue weighted by Gasteiger charge is -2.11. The lowest BCUT2D eigenvalue weighted by atomic mass is 10.0. The number of furan rings is 1. The molecule has 0 fully saturated rings. The standard InChI is InChI=1S/C28H32N4O5/c1-6-10-21(20-11-8-7-9-12-20)16-32-25(23-14-13-22(37-23)17-36-19(4)33)24-26(29-32)31(15-18(2)3)28(35)30(5)27(24)34/h7-14,18H,6,15-17H2,1-5H3/b21-10+. The highest BCUT2D eigenvalue weighted by molar-refractivity contribution is 5.89. The number of rotatable bonds is 9. The molecule has 0 aliphatic rings. The third-order valence-corrected chi connectivity index (χ3v) is 6.00. The number of ether oxygens (including phenoxy) is 1. The minimum Gasteiger partial charge on any atom is -0.458 e. The maximum absolute atomic E-state index is 13.5. The van der Waals surface area contributed by atoms with E-state index in [4.69, 9.17) is 14.3 Å². The summed E-state index contributed by atoms with van der Waals surface area (Å²) in [4.78, 5) is 37.8. The van der Waals surface area contributed by atoms with Gasteiger partial charge in [0.15, 0.2) is 11.4 Å². The summed E-state index contributed by atoms with van der Waals surface area (Å²) in [6.07, 6.45) is 2.94. The van der Waals surface area contributed by atoms with Gasteiger partial charge in [-0.25, -0.2) is 4.79 Å². The van der Waals surface area contributed by atoms with Gasteiger partial charge in [0, 0.05) is 20.5 Å². The molecule has 0 bridgehead atoms. The van der Waals surface area contributed by atoms with E-state index in [1.807, 2.05) is 44.2 Å². The average molecular weight is 505 g/mol. The first-order chi connectivity index (χ1) is 17.7. The predicted molar refractivity (Wildman–Crippen MR) is 142 cm³/mol. The van der Waals surface area contributed by atoms with Crippen LogP contribution in [0.3, 0.4) is 0 Å². The smallest absolute Gasteiger partial charge is 0.332 e. The second kappa shape index (κ2) is 10.9. The largest absolute Gasteiger partial charge is 0.458 e. The van der Waals surface area contributed by atoms with Gasteiger partial charge in [0.25, 0.3) is 5.56 Å². The number of aromatic nitrogens is 4. The minimum absolute atomic E-state index is 0.0253. The van der Waals surface area contributed by atoms with E-state index in [0.717, 1.165) is 22.1 Å². The fourth-order valence-corrected chi connectivity index (χ4v) is 4.35. The predicted octanol–water partition coefficient (Wildman–Crippen LogP) is 4.37. The van der Waals surface area contributed by atoms with Gasteiger partial charge in [0.1, 0.15) is 23.4 Å². The molecular weight excluding hydrogens is 472 g/mol. The molecule has 3 heterocycles. The van der Waals surface area contributed by atoms with E-state index in [2.05, 4.69) is 13.0 Å². The van der Waals surface area contributed by atoms with Crippen LogP contribution < -0.4 is 11.2 Å². The quantitative estimate of drug-likeness (QED) is 0.314. The number of carbonyl (C=O) groups is 1. The fraction of sp³-hybridized carbons (Fsp3) is 0.357. The maximum atomic E-state index is 13.5. The van der Waals surface area contributed by atoms with Gasteiger partial charge in [-0.2, -0.15) is 5.10 Å². The third-order valence-electron chi connectivity index (χ3n) is 6.00. The summed E-state index contributed by atoms with van der Waals surface area (Å²) in [6, 6.07) is 13.4. The second-order valence-electron chi connectivity index (χ2n) is 9.41. The molecule has 9 nitrogen and oxygen atoms in total. The summed E-state index contributed by atoms with van der Waals surface area (Å²) in [5.74, 6) is 0.578. The molecular formula is C28H32N4O5. The van der Waals surface area contributed by atoms with E-state index < -0.39 is 17.2 Å². The summed E-state index contributed by atoms with van der Waals surface area (Å²) in [5, 5.41) is 5.12. The monoisotopic (exact) mass is 504 g/mol. The Kier molecular flexibility index (Phi) is 7.61. The Hall–Kier alpha value is -4.14. The van der Waals surface area contributed by atoms with E-state index in [9.17, 15) is 14.4 Å². The number of hydrogen-bond acceptors (Lipinski definition) is 6. The number of benzene rings is 1. The molecule has 37 heavy (non-hydrogen) atoms. The zero-order chi connectivity index (χ0) is 26.7. The van der Waals surface area contributed by atoms with Crippen LogP contribution in [0.15, 0.2) is 62.5 Å². The normalized spacial score (nSPS) is 12.0.